The van der Waals surface area contributed by atoms with Gasteiger partial charge in [0.05, 0.1) is 12.8 Å². The normalized spacial score (nSPS) is 15.4. The van der Waals surface area contributed by atoms with Crippen LogP contribution in [-0.4, -0.2) is 22.3 Å². The van der Waals surface area contributed by atoms with Crippen molar-refractivity contribution in [2.24, 2.45) is 0 Å². The third-order valence-corrected chi connectivity index (χ3v) is 5.51. The molecule has 4 rings (SSSR count). The molecule has 1 aliphatic carbocycles. The predicted molar refractivity (Wildman–Crippen MR) is 105 cm³/mol. The maximum absolute atomic E-state index is 10.4. The molecule has 0 radical (unpaired) electrons. The fourth-order valence-electron chi connectivity index (χ4n) is 4.24. The lowest BCUT2D eigenvalue weighted by molar-refractivity contribution is -0.282. The molecule has 3 N–H and O–H groups in total. The van der Waals surface area contributed by atoms with Crippen LogP contribution in [0.4, 0.5) is 0 Å². The van der Waals surface area contributed by atoms with Crippen LogP contribution in [0, 0.1) is 0 Å². The Morgan fingerprint density at radius 2 is 1.85 bits per heavy atom. The maximum atomic E-state index is 10.4. The van der Waals surface area contributed by atoms with E-state index >= 15 is 0 Å². The highest BCUT2D eigenvalue weighted by atomic mass is 17.2. The number of hydrogen-bond acceptors (Lipinski definition) is 4. The zero-order chi connectivity index (χ0) is 18.8. The number of aromatic amines is 1. The number of H-pyrrole nitrogens is 1. The molecular formula is C22H25NO4. The largest absolute Gasteiger partial charge is 0.508 e. The molecule has 1 heterocycles. The van der Waals surface area contributed by atoms with E-state index in [1.807, 2.05) is 0 Å². The molecular weight excluding hydrogens is 342 g/mol. The van der Waals surface area contributed by atoms with Gasteiger partial charge >= 0.3 is 0 Å². The molecule has 5 heteroatoms. The van der Waals surface area contributed by atoms with Crippen molar-refractivity contribution in [1.82, 2.24) is 4.98 Å². The molecule has 2 aromatic carbocycles. The predicted octanol–water partition coefficient (Wildman–Crippen LogP) is 5.37. The SMILES string of the molecule is COOCc1ccc2c(C3CCCCC3)c(-c3ccc(O)cc3O)[nH]c2c1. The minimum absolute atomic E-state index is 0.0607. The second-order valence-electron chi connectivity index (χ2n) is 7.26. The van der Waals surface area contributed by atoms with E-state index in [1.165, 1.54) is 43.4 Å². The minimum atomic E-state index is 0.0607. The average molecular weight is 367 g/mol. The number of fused-ring (bicyclic) bond motifs is 1. The van der Waals surface area contributed by atoms with Gasteiger partial charge in [0.1, 0.15) is 18.1 Å². The van der Waals surface area contributed by atoms with Crippen LogP contribution in [0.3, 0.4) is 0 Å². The molecule has 1 fully saturated rings. The first-order chi connectivity index (χ1) is 13.2. The molecule has 0 atom stereocenters. The monoisotopic (exact) mass is 367 g/mol. The minimum Gasteiger partial charge on any atom is -0.508 e. The second-order valence-corrected chi connectivity index (χ2v) is 7.26. The van der Waals surface area contributed by atoms with Crippen LogP contribution in [-0.2, 0) is 16.4 Å². The van der Waals surface area contributed by atoms with Crippen molar-refractivity contribution in [2.75, 3.05) is 7.11 Å². The first-order valence-corrected chi connectivity index (χ1v) is 9.50. The van der Waals surface area contributed by atoms with Crippen molar-refractivity contribution in [3.05, 3.63) is 47.5 Å². The highest BCUT2D eigenvalue weighted by Gasteiger charge is 2.25. The van der Waals surface area contributed by atoms with E-state index in [4.69, 9.17) is 9.78 Å². The average Bonchev–Trinajstić information content (AvgIpc) is 3.05. The molecule has 0 aliphatic heterocycles. The van der Waals surface area contributed by atoms with Crippen LogP contribution in [0.1, 0.15) is 49.1 Å². The molecule has 5 nitrogen and oxygen atoms in total. The lowest BCUT2D eigenvalue weighted by Crippen LogP contribution is -2.05. The van der Waals surface area contributed by atoms with Gasteiger partial charge in [-0.15, -0.1) is 0 Å². The summed E-state index contributed by atoms with van der Waals surface area (Å²) >= 11 is 0. The van der Waals surface area contributed by atoms with Crippen LogP contribution in [0.15, 0.2) is 36.4 Å². The Morgan fingerprint density at radius 1 is 1.04 bits per heavy atom. The van der Waals surface area contributed by atoms with Gasteiger partial charge in [-0.1, -0.05) is 31.4 Å². The Kier molecular flexibility index (Phi) is 5.05. The van der Waals surface area contributed by atoms with Gasteiger partial charge in [0.2, 0.25) is 0 Å². The van der Waals surface area contributed by atoms with Crippen molar-refractivity contribution < 1.29 is 20.0 Å². The van der Waals surface area contributed by atoms with E-state index in [1.54, 1.807) is 12.1 Å². The number of phenols is 2. The fourth-order valence-corrected chi connectivity index (χ4v) is 4.24. The number of phenolic OH excluding ortho intramolecular Hbond substituents is 2. The van der Waals surface area contributed by atoms with Crippen molar-refractivity contribution in [2.45, 2.75) is 44.6 Å². The highest BCUT2D eigenvalue weighted by molar-refractivity contribution is 5.93. The Labute approximate surface area is 158 Å². The number of aromatic hydroxyl groups is 2. The smallest absolute Gasteiger partial charge is 0.128 e. The van der Waals surface area contributed by atoms with Gasteiger partial charge in [-0.05, 0) is 48.1 Å². The molecule has 0 spiro atoms. The van der Waals surface area contributed by atoms with Crippen LogP contribution in [0.2, 0.25) is 0 Å². The summed E-state index contributed by atoms with van der Waals surface area (Å²) in [5, 5.41) is 21.3. The Morgan fingerprint density at radius 3 is 2.59 bits per heavy atom. The highest BCUT2D eigenvalue weighted by Crippen LogP contribution is 2.44. The van der Waals surface area contributed by atoms with Gasteiger partial charge in [0.25, 0.3) is 0 Å². The van der Waals surface area contributed by atoms with Crippen LogP contribution < -0.4 is 0 Å². The third-order valence-electron chi connectivity index (χ3n) is 5.51. The van der Waals surface area contributed by atoms with Crippen molar-refractivity contribution in [3.63, 3.8) is 0 Å². The fraction of sp³-hybridized carbons (Fsp3) is 0.364. The zero-order valence-corrected chi connectivity index (χ0v) is 15.5. The van der Waals surface area contributed by atoms with Gasteiger partial charge in [-0.25, -0.2) is 9.78 Å². The number of benzene rings is 2. The first kappa shape index (κ1) is 17.9. The first-order valence-electron chi connectivity index (χ1n) is 9.50. The molecule has 0 unspecified atom stereocenters. The van der Waals surface area contributed by atoms with E-state index in [9.17, 15) is 10.2 Å². The molecule has 1 saturated carbocycles. The van der Waals surface area contributed by atoms with E-state index in [-0.39, 0.29) is 11.5 Å². The summed E-state index contributed by atoms with van der Waals surface area (Å²) in [7, 11) is 1.50. The van der Waals surface area contributed by atoms with Gasteiger partial charge in [-0.3, -0.25) is 0 Å². The Hall–Kier alpha value is -2.50. The number of nitrogens with one attached hydrogen (secondary N) is 1. The molecule has 27 heavy (non-hydrogen) atoms. The molecule has 0 saturated heterocycles. The topological polar surface area (TPSA) is 74.7 Å². The van der Waals surface area contributed by atoms with Crippen molar-refractivity contribution >= 4 is 10.9 Å². The third kappa shape index (κ3) is 3.53. The lowest BCUT2D eigenvalue weighted by Gasteiger charge is -2.23. The zero-order valence-electron chi connectivity index (χ0n) is 15.5. The van der Waals surface area contributed by atoms with E-state index < -0.39 is 0 Å². The molecule has 142 valence electrons. The lowest BCUT2D eigenvalue weighted by atomic mass is 9.81. The number of rotatable bonds is 5. The van der Waals surface area contributed by atoms with Gasteiger partial charge < -0.3 is 15.2 Å². The van der Waals surface area contributed by atoms with Crippen LogP contribution in [0.5, 0.6) is 11.5 Å². The van der Waals surface area contributed by atoms with E-state index in [0.717, 1.165) is 35.2 Å². The van der Waals surface area contributed by atoms with Crippen LogP contribution >= 0.6 is 0 Å². The summed E-state index contributed by atoms with van der Waals surface area (Å²) in [6, 6.07) is 11.0. The Bertz CT molecular complexity index is 941. The maximum Gasteiger partial charge on any atom is 0.128 e. The second kappa shape index (κ2) is 7.62. The molecule has 1 aromatic heterocycles. The summed E-state index contributed by atoms with van der Waals surface area (Å²) in [4.78, 5) is 13.3. The molecule has 1 aliphatic rings. The van der Waals surface area contributed by atoms with Crippen molar-refractivity contribution in [3.8, 4) is 22.8 Å². The summed E-state index contributed by atoms with van der Waals surface area (Å²) in [6.45, 7) is 0.379. The Balaban J connectivity index is 1.86. The summed E-state index contributed by atoms with van der Waals surface area (Å²) in [5.41, 5.74) is 4.97. The summed E-state index contributed by atoms with van der Waals surface area (Å²) in [5.74, 6) is 0.615. The summed E-state index contributed by atoms with van der Waals surface area (Å²) in [6.07, 6.45) is 6.08. The quantitative estimate of drug-likeness (QED) is 0.418. The van der Waals surface area contributed by atoms with Gasteiger partial charge in [0.15, 0.2) is 0 Å². The van der Waals surface area contributed by atoms with E-state index in [2.05, 4.69) is 23.2 Å². The molecule has 0 amide bonds. The van der Waals surface area contributed by atoms with Crippen molar-refractivity contribution in [1.29, 1.82) is 0 Å². The van der Waals surface area contributed by atoms with Crippen LogP contribution in [0.25, 0.3) is 22.2 Å². The molecule has 3 aromatic rings. The summed E-state index contributed by atoms with van der Waals surface area (Å²) < 4.78 is 0. The van der Waals surface area contributed by atoms with Gasteiger partial charge in [-0.2, -0.15) is 0 Å². The number of aromatic nitrogens is 1. The van der Waals surface area contributed by atoms with Gasteiger partial charge in [0, 0.05) is 22.5 Å². The van der Waals surface area contributed by atoms with E-state index in [0.29, 0.717) is 12.5 Å². The number of hydrogen-bond donors (Lipinski definition) is 3. The standard InChI is InChI=1S/C22H25NO4/c1-26-27-13-14-7-9-17-19(11-14)23-22(18-10-8-16(24)12-20(18)25)21(17)15-5-3-2-4-6-15/h7-12,15,23-25H,2-6,13H2,1H3. The molecule has 0 bridgehead atoms.